The van der Waals surface area contributed by atoms with E-state index in [1.165, 1.54) is 20.8 Å². The van der Waals surface area contributed by atoms with Gasteiger partial charge in [-0.25, -0.2) is 0 Å². The molecule has 15 heavy (non-hydrogen) atoms. The second-order valence-electron chi connectivity index (χ2n) is 3.84. The van der Waals surface area contributed by atoms with E-state index in [4.69, 9.17) is 4.55 Å². The van der Waals surface area contributed by atoms with Crippen molar-refractivity contribution in [1.29, 1.82) is 0 Å². The van der Waals surface area contributed by atoms with Crippen LogP contribution in [0.4, 0.5) is 0 Å². The lowest BCUT2D eigenvalue weighted by Crippen LogP contribution is -2.48. The van der Waals surface area contributed by atoms with Crippen LogP contribution in [0.3, 0.4) is 0 Å². The van der Waals surface area contributed by atoms with Crippen LogP contribution in [0, 0.1) is 0 Å². The van der Waals surface area contributed by atoms with E-state index in [0.29, 0.717) is 0 Å². The van der Waals surface area contributed by atoms with Crippen LogP contribution < -0.4 is 11.5 Å². The molecule has 0 saturated heterocycles. The van der Waals surface area contributed by atoms with Gasteiger partial charge in [-0.1, -0.05) is 6.58 Å². The number of carbonyl (C=O) groups is 1. The van der Waals surface area contributed by atoms with E-state index < -0.39 is 27.3 Å². The van der Waals surface area contributed by atoms with Gasteiger partial charge in [0.15, 0.2) is 0 Å². The Labute approximate surface area is 90.1 Å². The van der Waals surface area contributed by atoms with Crippen LogP contribution >= 0.6 is 0 Å². The van der Waals surface area contributed by atoms with Crippen molar-refractivity contribution in [3.05, 3.63) is 12.2 Å². The molecule has 0 aromatic carbocycles. The lowest BCUT2D eigenvalue weighted by atomic mass is 10.1. The summed E-state index contributed by atoms with van der Waals surface area (Å²) < 4.78 is 29.8. The third-order valence-corrected chi connectivity index (χ3v) is 2.47. The molecule has 0 atom stereocenters. The summed E-state index contributed by atoms with van der Waals surface area (Å²) in [7, 11) is -4.10. The lowest BCUT2D eigenvalue weighted by Gasteiger charge is -2.24. The van der Waals surface area contributed by atoms with Gasteiger partial charge < -0.3 is 11.5 Å². The van der Waals surface area contributed by atoms with Gasteiger partial charge in [-0.05, 0) is 20.8 Å². The minimum absolute atomic E-state index is 0. The summed E-state index contributed by atoms with van der Waals surface area (Å²) in [4.78, 5) is 11.2. The Morgan fingerprint density at radius 3 is 2.13 bits per heavy atom. The first-order valence-electron chi connectivity index (χ1n) is 3.97. The quantitative estimate of drug-likeness (QED) is 0.487. The smallest absolute Gasteiger partial charge is 0.267 e. The van der Waals surface area contributed by atoms with Crippen molar-refractivity contribution in [2.24, 2.45) is 0 Å². The van der Waals surface area contributed by atoms with E-state index in [2.05, 4.69) is 11.9 Å². The first-order chi connectivity index (χ1) is 6.03. The fraction of sp³-hybridized carbons (Fsp3) is 0.625. The maximum atomic E-state index is 11.2. The average molecular weight is 238 g/mol. The number of amides is 1. The van der Waals surface area contributed by atoms with Crippen molar-refractivity contribution in [3.63, 3.8) is 0 Å². The van der Waals surface area contributed by atoms with Crippen LogP contribution in [0.2, 0.25) is 0 Å². The molecule has 5 N–H and O–H groups in total. The highest BCUT2D eigenvalue weighted by atomic mass is 32.2. The summed E-state index contributed by atoms with van der Waals surface area (Å²) in [5.74, 6) is -0.961. The standard InChI is InChI=1S/C8H15NO4S.H3N/c1-6(2)7(10)9-8(3,4)5-14(11,12)13;/h1,5H2,2-4H3,(H,9,10)(H,11,12,13);1H3. The molecule has 6 nitrogen and oxygen atoms in total. The highest BCUT2D eigenvalue weighted by Crippen LogP contribution is 2.06. The monoisotopic (exact) mass is 238 g/mol. The molecule has 0 aliphatic rings. The maximum Gasteiger partial charge on any atom is 0.267 e. The van der Waals surface area contributed by atoms with Crippen LogP contribution in [0.25, 0.3) is 0 Å². The van der Waals surface area contributed by atoms with E-state index in [1.54, 1.807) is 0 Å². The van der Waals surface area contributed by atoms with Crippen molar-refractivity contribution >= 4 is 16.0 Å². The van der Waals surface area contributed by atoms with Crippen molar-refractivity contribution < 1.29 is 17.8 Å². The molecule has 0 bridgehead atoms. The van der Waals surface area contributed by atoms with Gasteiger partial charge in [0.25, 0.3) is 10.1 Å². The fourth-order valence-corrected chi connectivity index (χ4v) is 1.89. The SMILES string of the molecule is C=C(C)C(=O)NC(C)(C)CS(=O)(=O)O.N. The van der Waals surface area contributed by atoms with Gasteiger partial charge in [-0.2, -0.15) is 8.42 Å². The van der Waals surface area contributed by atoms with Crippen molar-refractivity contribution in [2.45, 2.75) is 26.3 Å². The van der Waals surface area contributed by atoms with Crippen LogP contribution in [-0.4, -0.2) is 30.2 Å². The average Bonchev–Trinajstić information content (AvgIpc) is 1.78. The molecule has 1 amide bonds. The van der Waals surface area contributed by atoms with E-state index in [-0.39, 0.29) is 11.7 Å². The molecular weight excluding hydrogens is 220 g/mol. The molecule has 90 valence electrons. The van der Waals surface area contributed by atoms with Crippen LogP contribution in [0.5, 0.6) is 0 Å². The Morgan fingerprint density at radius 1 is 1.47 bits per heavy atom. The zero-order valence-electron chi connectivity index (χ0n) is 9.20. The summed E-state index contributed by atoms with van der Waals surface area (Å²) >= 11 is 0. The highest BCUT2D eigenvalue weighted by molar-refractivity contribution is 7.85. The predicted molar refractivity (Wildman–Crippen MR) is 58.5 cm³/mol. The second-order valence-corrected chi connectivity index (χ2v) is 5.30. The van der Waals surface area contributed by atoms with Gasteiger partial charge in [-0.15, -0.1) is 0 Å². The Hall–Kier alpha value is -0.920. The van der Waals surface area contributed by atoms with Gasteiger partial charge in [0.1, 0.15) is 0 Å². The molecule has 0 saturated carbocycles. The lowest BCUT2D eigenvalue weighted by molar-refractivity contribution is -0.118. The predicted octanol–water partition coefficient (Wildman–Crippen LogP) is 0.507. The van der Waals surface area contributed by atoms with E-state index >= 15 is 0 Å². The van der Waals surface area contributed by atoms with Gasteiger partial charge in [-0.3, -0.25) is 9.35 Å². The molecule has 0 rings (SSSR count). The second kappa shape index (κ2) is 5.24. The largest absolute Gasteiger partial charge is 0.346 e. The number of carbonyl (C=O) groups excluding carboxylic acids is 1. The van der Waals surface area contributed by atoms with Crippen molar-refractivity contribution in [3.8, 4) is 0 Å². The molecule has 0 aliphatic carbocycles. The number of nitrogens with one attached hydrogen (secondary N) is 1. The molecule has 0 unspecified atom stereocenters. The van der Waals surface area contributed by atoms with Crippen LogP contribution in [-0.2, 0) is 14.9 Å². The third kappa shape index (κ3) is 8.10. The van der Waals surface area contributed by atoms with Gasteiger partial charge in [0, 0.05) is 5.57 Å². The summed E-state index contributed by atoms with van der Waals surface area (Å²) in [6, 6.07) is 0. The van der Waals surface area contributed by atoms with E-state index in [0.717, 1.165) is 0 Å². The number of hydrogen-bond donors (Lipinski definition) is 3. The van der Waals surface area contributed by atoms with Crippen molar-refractivity contribution in [1.82, 2.24) is 11.5 Å². The fourth-order valence-electron chi connectivity index (χ4n) is 0.906. The molecule has 0 aliphatic heterocycles. The third-order valence-electron chi connectivity index (χ3n) is 1.38. The number of hydrogen-bond acceptors (Lipinski definition) is 4. The molecule has 0 fully saturated rings. The van der Waals surface area contributed by atoms with Crippen molar-refractivity contribution in [2.75, 3.05) is 5.75 Å². The molecule has 0 aromatic heterocycles. The minimum atomic E-state index is -4.10. The first-order valence-corrected chi connectivity index (χ1v) is 5.57. The number of rotatable bonds is 4. The molecule has 0 radical (unpaired) electrons. The first kappa shape index (κ1) is 16.5. The topological polar surface area (TPSA) is 118 Å². The molecule has 7 heteroatoms. The molecule has 0 aromatic rings. The Balaban J connectivity index is 0. The van der Waals surface area contributed by atoms with Gasteiger partial charge in [0.2, 0.25) is 5.91 Å². The van der Waals surface area contributed by atoms with E-state index in [9.17, 15) is 13.2 Å². The molecular formula is C8H18N2O4S. The summed E-state index contributed by atoms with van der Waals surface area (Å²) in [6.45, 7) is 7.93. The zero-order chi connectivity index (χ0) is 11.6. The summed E-state index contributed by atoms with van der Waals surface area (Å²) in [6.07, 6.45) is 0. The zero-order valence-corrected chi connectivity index (χ0v) is 10.0. The summed E-state index contributed by atoms with van der Waals surface area (Å²) in [5, 5.41) is 2.43. The Bertz CT molecular complexity index is 346. The van der Waals surface area contributed by atoms with Crippen LogP contribution in [0.1, 0.15) is 20.8 Å². The highest BCUT2D eigenvalue weighted by Gasteiger charge is 2.26. The Kier molecular flexibility index (Phi) is 5.77. The van der Waals surface area contributed by atoms with E-state index in [1.807, 2.05) is 0 Å². The molecule has 0 heterocycles. The molecule has 0 spiro atoms. The minimum Gasteiger partial charge on any atom is -0.346 e. The summed E-state index contributed by atoms with van der Waals surface area (Å²) in [5.41, 5.74) is -0.725. The maximum absolute atomic E-state index is 11.2. The van der Waals surface area contributed by atoms with Gasteiger partial charge >= 0.3 is 0 Å². The normalized spacial score (nSPS) is 11.5. The Morgan fingerprint density at radius 2 is 1.87 bits per heavy atom. The van der Waals surface area contributed by atoms with Gasteiger partial charge in [0.05, 0.1) is 11.3 Å². The van der Waals surface area contributed by atoms with Crippen LogP contribution in [0.15, 0.2) is 12.2 Å².